The van der Waals surface area contributed by atoms with E-state index in [0.29, 0.717) is 12.4 Å². The molecule has 0 spiro atoms. The number of benzene rings is 3. The number of aromatic nitrogens is 5. The van der Waals surface area contributed by atoms with Gasteiger partial charge in [-0.3, -0.25) is 0 Å². The van der Waals surface area contributed by atoms with Gasteiger partial charge in [0.15, 0.2) is 5.52 Å². The molecule has 0 saturated heterocycles. The fraction of sp³-hybridized carbons (Fsp3) is 0.200. The summed E-state index contributed by atoms with van der Waals surface area (Å²) in [6.07, 6.45) is 0. The minimum atomic E-state index is 0.620. The Morgan fingerprint density at radius 1 is 0.939 bits per heavy atom. The quantitative estimate of drug-likeness (QED) is 0.341. The van der Waals surface area contributed by atoms with Gasteiger partial charge in [0.05, 0.1) is 18.4 Å². The Morgan fingerprint density at radius 3 is 2.45 bits per heavy atom. The van der Waals surface area contributed by atoms with Crippen LogP contribution in [0.5, 0.6) is 11.5 Å². The fourth-order valence-electron chi connectivity index (χ4n) is 3.52. The summed E-state index contributed by atoms with van der Waals surface area (Å²) in [5, 5.41) is 10.4. The molecule has 0 bridgehead atoms. The number of hydrogen-bond donors (Lipinski definition) is 0. The molecule has 0 unspecified atom stereocenters. The van der Waals surface area contributed by atoms with Gasteiger partial charge in [-0.05, 0) is 95.1 Å². The van der Waals surface area contributed by atoms with Crippen molar-refractivity contribution < 1.29 is 14.3 Å². The summed E-state index contributed by atoms with van der Waals surface area (Å²) in [6, 6.07) is 19.9. The fourth-order valence-corrected chi connectivity index (χ4v) is 4.45. The summed E-state index contributed by atoms with van der Waals surface area (Å²) in [6.45, 7) is 6.78. The maximum absolute atomic E-state index is 5.60. The van der Waals surface area contributed by atoms with Crippen LogP contribution in [0.2, 0.25) is 0 Å². The first-order valence-electron chi connectivity index (χ1n) is 10.7. The molecule has 8 heteroatoms. The van der Waals surface area contributed by atoms with Crippen LogP contribution in [0, 0.1) is 13.8 Å². The van der Waals surface area contributed by atoms with Crippen molar-refractivity contribution >= 4 is 21.6 Å². The van der Waals surface area contributed by atoms with E-state index in [0.717, 1.165) is 38.1 Å². The summed E-state index contributed by atoms with van der Waals surface area (Å²) < 4.78 is 12.0. The minimum absolute atomic E-state index is 0.620. The number of hydrogen-bond acceptors (Lipinski definition) is 6. The number of thiazole rings is 1. The number of nitrogens with zero attached hydrogens (tertiary/aromatic N) is 5. The van der Waals surface area contributed by atoms with Gasteiger partial charge in [0.2, 0.25) is 0 Å². The van der Waals surface area contributed by atoms with Crippen LogP contribution in [0.1, 0.15) is 18.1 Å². The molecule has 0 aliphatic heterocycles. The molecule has 5 rings (SSSR count). The van der Waals surface area contributed by atoms with Gasteiger partial charge in [0.1, 0.15) is 17.2 Å². The lowest BCUT2D eigenvalue weighted by Gasteiger charge is -2.03. The lowest BCUT2D eigenvalue weighted by molar-refractivity contribution is -0.734. The maximum Gasteiger partial charge on any atom is 0.365 e. The molecular weight excluding hydrogens is 434 g/mol. The zero-order chi connectivity index (χ0) is 22.9. The van der Waals surface area contributed by atoms with Crippen molar-refractivity contribution in [2.24, 2.45) is 0 Å². The molecule has 0 saturated carbocycles. The summed E-state index contributed by atoms with van der Waals surface area (Å²) in [5.41, 5.74) is 5.13. The number of fused-ring (bicyclic) bond motifs is 1. The first kappa shape index (κ1) is 21.1. The molecular formula is C25H24N5O2S+. The SMILES string of the molecule is CCOc1ccc(-n2nc(-c3ccc(C)c(C)c3)n[n+]2-c2nc3ccc(OC)cc3s2)cc1. The van der Waals surface area contributed by atoms with E-state index in [1.54, 1.807) is 16.7 Å². The number of rotatable bonds is 6. The third-order valence-corrected chi connectivity index (χ3v) is 6.44. The van der Waals surface area contributed by atoms with Gasteiger partial charge in [0, 0.05) is 16.7 Å². The number of ether oxygens (including phenoxy) is 2. The van der Waals surface area contributed by atoms with E-state index in [4.69, 9.17) is 24.7 Å². The van der Waals surface area contributed by atoms with Crippen molar-refractivity contribution in [3.63, 3.8) is 0 Å². The number of aryl methyl sites for hydroxylation is 2. The van der Waals surface area contributed by atoms with Crippen LogP contribution in [-0.2, 0) is 0 Å². The number of tetrazole rings is 1. The van der Waals surface area contributed by atoms with Gasteiger partial charge >= 0.3 is 5.13 Å². The molecule has 33 heavy (non-hydrogen) atoms. The normalized spacial score (nSPS) is 11.2. The standard InChI is InChI=1S/C25H24N5O2S/c1-5-32-20-10-8-19(9-11-20)29-27-24(18-7-6-16(2)17(3)14-18)28-30(29)25-26-22-13-12-21(31-4)15-23(22)33-25/h6-15H,5H2,1-4H3/q+1. The molecule has 2 heterocycles. The molecule has 5 aromatic rings. The van der Waals surface area contributed by atoms with Crippen LogP contribution in [0.25, 0.3) is 32.4 Å². The van der Waals surface area contributed by atoms with Crippen LogP contribution in [0.15, 0.2) is 60.7 Å². The Bertz CT molecular complexity index is 1440. The van der Waals surface area contributed by atoms with E-state index >= 15 is 0 Å². The van der Waals surface area contributed by atoms with E-state index in [-0.39, 0.29) is 0 Å². The summed E-state index contributed by atoms with van der Waals surface area (Å²) in [7, 11) is 1.66. The highest BCUT2D eigenvalue weighted by Crippen LogP contribution is 2.27. The first-order valence-corrected chi connectivity index (χ1v) is 11.5. The number of methoxy groups -OCH3 is 1. The van der Waals surface area contributed by atoms with E-state index in [9.17, 15) is 0 Å². The highest BCUT2D eigenvalue weighted by Gasteiger charge is 2.25. The summed E-state index contributed by atoms with van der Waals surface area (Å²) >= 11 is 1.54. The summed E-state index contributed by atoms with van der Waals surface area (Å²) in [5.74, 6) is 2.24. The molecule has 0 atom stereocenters. The largest absolute Gasteiger partial charge is 0.497 e. The zero-order valence-electron chi connectivity index (χ0n) is 18.9. The van der Waals surface area contributed by atoms with Crippen LogP contribution >= 0.6 is 11.3 Å². The van der Waals surface area contributed by atoms with E-state index in [2.05, 4.69) is 26.0 Å². The van der Waals surface area contributed by atoms with Gasteiger partial charge in [0.25, 0.3) is 5.82 Å². The topological polar surface area (TPSA) is 65.9 Å². The highest BCUT2D eigenvalue weighted by molar-refractivity contribution is 7.20. The molecule has 0 amide bonds. The Balaban J connectivity index is 1.66. The molecule has 166 valence electrons. The van der Waals surface area contributed by atoms with Crippen molar-refractivity contribution in [1.29, 1.82) is 0 Å². The molecule has 0 fully saturated rings. The Kier molecular flexibility index (Phi) is 5.51. The Morgan fingerprint density at radius 2 is 1.73 bits per heavy atom. The lowest BCUT2D eigenvalue weighted by Crippen LogP contribution is -2.43. The second kappa shape index (κ2) is 8.63. The first-order chi connectivity index (χ1) is 16.1. The Hall–Kier alpha value is -3.78. The third-order valence-electron chi connectivity index (χ3n) is 5.46. The molecule has 0 aliphatic carbocycles. The minimum Gasteiger partial charge on any atom is -0.497 e. The van der Waals surface area contributed by atoms with Crippen molar-refractivity contribution in [3.05, 3.63) is 71.8 Å². The van der Waals surface area contributed by atoms with Gasteiger partial charge in [-0.2, -0.15) is 0 Å². The molecule has 7 nitrogen and oxygen atoms in total. The monoisotopic (exact) mass is 458 g/mol. The van der Waals surface area contributed by atoms with Crippen LogP contribution in [0.3, 0.4) is 0 Å². The van der Waals surface area contributed by atoms with Gasteiger partial charge in [-0.15, -0.1) is 0 Å². The predicted octanol–water partition coefficient (Wildman–Crippen LogP) is 4.84. The van der Waals surface area contributed by atoms with Crippen LogP contribution < -0.4 is 14.3 Å². The van der Waals surface area contributed by atoms with Crippen molar-refractivity contribution in [2.75, 3.05) is 13.7 Å². The second-order valence-corrected chi connectivity index (χ2v) is 8.67. The van der Waals surface area contributed by atoms with Crippen LogP contribution in [-0.4, -0.2) is 33.7 Å². The molecule has 3 aromatic carbocycles. The van der Waals surface area contributed by atoms with Gasteiger partial charge in [-0.1, -0.05) is 22.4 Å². The predicted molar refractivity (Wildman–Crippen MR) is 129 cm³/mol. The molecule has 2 aromatic heterocycles. The van der Waals surface area contributed by atoms with E-state index < -0.39 is 0 Å². The lowest BCUT2D eigenvalue weighted by atomic mass is 10.1. The van der Waals surface area contributed by atoms with Crippen molar-refractivity contribution in [1.82, 2.24) is 20.0 Å². The summed E-state index contributed by atoms with van der Waals surface area (Å²) in [4.78, 5) is 8.33. The highest BCUT2D eigenvalue weighted by atomic mass is 32.1. The van der Waals surface area contributed by atoms with Crippen molar-refractivity contribution in [2.45, 2.75) is 20.8 Å². The van der Waals surface area contributed by atoms with E-state index in [1.165, 1.54) is 22.5 Å². The third kappa shape index (κ3) is 4.05. The molecule has 0 aliphatic rings. The molecule has 0 radical (unpaired) electrons. The van der Waals surface area contributed by atoms with Gasteiger partial charge in [-0.25, -0.2) is 0 Å². The van der Waals surface area contributed by atoms with Crippen molar-refractivity contribution in [3.8, 4) is 33.7 Å². The Labute approximate surface area is 195 Å². The zero-order valence-corrected chi connectivity index (χ0v) is 19.8. The average molecular weight is 459 g/mol. The van der Waals surface area contributed by atoms with Gasteiger partial charge < -0.3 is 9.47 Å². The second-order valence-electron chi connectivity index (χ2n) is 7.66. The van der Waals surface area contributed by atoms with Crippen LogP contribution in [0.4, 0.5) is 0 Å². The van der Waals surface area contributed by atoms with E-state index in [1.807, 2.05) is 55.5 Å². The maximum atomic E-state index is 5.60. The average Bonchev–Trinajstić information content (AvgIpc) is 3.45. The smallest absolute Gasteiger partial charge is 0.365 e. The molecule has 0 N–H and O–H groups in total.